The second-order valence-corrected chi connectivity index (χ2v) is 10.4. The molecular formula is C20H30ClN3O3S. The van der Waals surface area contributed by atoms with Crippen molar-refractivity contribution in [1.82, 2.24) is 14.1 Å². The Kier molecular flexibility index (Phi) is 7.02. The Balaban J connectivity index is 1.75. The number of halogens is 1. The van der Waals surface area contributed by atoms with Crippen molar-refractivity contribution in [3.63, 3.8) is 0 Å². The van der Waals surface area contributed by atoms with Gasteiger partial charge in [0.2, 0.25) is 10.0 Å². The summed E-state index contributed by atoms with van der Waals surface area (Å²) < 4.78 is 27.5. The van der Waals surface area contributed by atoms with Gasteiger partial charge in [0.05, 0.1) is 5.02 Å². The fourth-order valence-corrected chi connectivity index (χ4v) is 5.93. The van der Waals surface area contributed by atoms with Gasteiger partial charge in [0.15, 0.2) is 0 Å². The third-order valence-electron chi connectivity index (χ3n) is 5.39. The van der Waals surface area contributed by atoms with Crippen LogP contribution in [-0.2, 0) is 10.0 Å². The van der Waals surface area contributed by atoms with Crippen LogP contribution >= 0.6 is 11.6 Å². The summed E-state index contributed by atoms with van der Waals surface area (Å²) in [6.45, 7) is 9.42. The van der Waals surface area contributed by atoms with Crippen LogP contribution in [0.2, 0.25) is 5.02 Å². The van der Waals surface area contributed by atoms with Crippen LogP contribution < -0.4 is 0 Å². The molecule has 0 spiro atoms. The lowest BCUT2D eigenvalue weighted by molar-refractivity contribution is 0.0623. The highest BCUT2D eigenvalue weighted by Gasteiger charge is 2.30. The number of carbonyl (C=O) groups excluding carboxylic acids is 1. The molecule has 0 unspecified atom stereocenters. The predicted octanol–water partition coefficient (Wildman–Crippen LogP) is 2.93. The molecule has 0 bridgehead atoms. The molecule has 2 aliphatic heterocycles. The number of carbonyl (C=O) groups is 1. The molecule has 1 amide bonds. The van der Waals surface area contributed by atoms with E-state index in [1.54, 1.807) is 11.0 Å². The first-order valence-electron chi connectivity index (χ1n) is 10.1. The lowest BCUT2D eigenvalue weighted by Crippen LogP contribution is -2.49. The zero-order valence-corrected chi connectivity index (χ0v) is 18.3. The molecular weight excluding hydrogens is 398 g/mol. The van der Waals surface area contributed by atoms with E-state index in [4.69, 9.17) is 11.6 Å². The summed E-state index contributed by atoms with van der Waals surface area (Å²) in [5.74, 6) is 0.469. The molecule has 0 aromatic heterocycles. The summed E-state index contributed by atoms with van der Waals surface area (Å²) in [7, 11) is -3.68. The van der Waals surface area contributed by atoms with Gasteiger partial charge in [-0.25, -0.2) is 8.42 Å². The average Bonchev–Trinajstić information content (AvgIpc) is 2.68. The highest BCUT2D eigenvalue weighted by atomic mass is 35.5. The molecule has 0 aliphatic carbocycles. The summed E-state index contributed by atoms with van der Waals surface area (Å²) >= 11 is 6.22. The standard InChI is InChI=1S/C20H30ClN3O3S/c1-16(2)15-22-10-12-23(13-11-22)20(25)17-6-7-18(21)19(14-17)28(26,27)24-8-4-3-5-9-24/h6-7,14,16H,3-5,8-13,15H2,1-2H3. The third kappa shape index (κ3) is 4.87. The van der Waals surface area contributed by atoms with Crippen molar-refractivity contribution in [3.05, 3.63) is 28.8 Å². The largest absolute Gasteiger partial charge is 0.336 e. The molecule has 8 heteroatoms. The van der Waals surface area contributed by atoms with Crippen molar-refractivity contribution in [2.45, 2.75) is 38.0 Å². The van der Waals surface area contributed by atoms with E-state index >= 15 is 0 Å². The van der Waals surface area contributed by atoms with E-state index in [1.807, 2.05) is 0 Å². The van der Waals surface area contributed by atoms with Gasteiger partial charge in [-0.3, -0.25) is 9.69 Å². The first-order valence-corrected chi connectivity index (χ1v) is 11.9. The topological polar surface area (TPSA) is 60.9 Å². The number of sulfonamides is 1. The lowest BCUT2D eigenvalue weighted by Gasteiger charge is -2.35. The van der Waals surface area contributed by atoms with E-state index in [0.29, 0.717) is 37.7 Å². The fraction of sp³-hybridized carbons (Fsp3) is 0.650. The molecule has 1 aromatic carbocycles. The van der Waals surface area contributed by atoms with Crippen molar-refractivity contribution < 1.29 is 13.2 Å². The molecule has 0 N–H and O–H groups in total. The van der Waals surface area contributed by atoms with Crippen LogP contribution in [-0.4, -0.2) is 74.2 Å². The van der Waals surface area contributed by atoms with Gasteiger partial charge in [-0.15, -0.1) is 0 Å². The second-order valence-electron chi connectivity index (χ2n) is 8.10. The van der Waals surface area contributed by atoms with Crippen molar-refractivity contribution in [3.8, 4) is 0 Å². The first kappa shape index (κ1) is 21.6. The maximum absolute atomic E-state index is 13.0. The molecule has 0 saturated carbocycles. The zero-order valence-electron chi connectivity index (χ0n) is 16.7. The van der Waals surface area contributed by atoms with Crippen molar-refractivity contribution in [1.29, 1.82) is 0 Å². The summed E-state index contributed by atoms with van der Waals surface area (Å²) in [5.41, 5.74) is 0.386. The minimum atomic E-state index is -3.68. The van der Waals surface area contributed by atoms with Crippen LogP contribution in [0.1, 0.15) is 43.5 Å². The molecule has 2 fully saturated rings. The quantitative estimate of drug-likeness (QED) is 0.724. The van der Waals surface area contributed by atoms with Crippen LogP contribution in [0.15, 0.2) is 23.1 Å². The summed E-state index contributed by atoms with van der Waals surface area (Å²) in [4.78, 5) is 17.2. The van der Waals surface area contributed by atoms with Crippen molar-refractivity contribution >= 4 is 27.5 Å². The molecule has 2 heterocycles. The third-order valence-corrected chi connectivity index (χ3v) is 7.77. The van der Waals surface area contributed by atoms with Crippen molar-refractivity contribution in [2.24, 2.45) is 5.92 Å². The Morgan fingerprint density at radius 2 is 1.68 bits per heavy atom. The highest BCUT2D eigenvalue weighted by Crippen LogP contribution is 2.28. The zero-order chi connectivity index (χ0) is 20.3. The van der Waals surface area contributed by atoms with E-state index in [9.17, 15) is 13.2 Å². The maximum Gasteiger partial charge on any atom is 0.253 e. The molecule has 1 aromatic rings. The Morgan fingerprint density at radius 3 is 2.29 bits per heavy atom. The minimum Gasteiger partial charge on any atom is -0.336 e. The van der Waals surface area contributed by atoms with E-state index in [-0.39, 0.29) is 15.8 Å². The van der Waals surface area contributed by atoms with Gasteiger partial charge in [0.25, 0.3) is 5.91 Å². The number of piperidine rings is 1. The van der Waals surface area contributed by atoms with E-state index in [0.717, 1.165) is 38.9 Å². The Labute approximate surface area is 173 Å². The van der Waals surface area contributed by atoms with Gasteiger partial charge in [0.1, 0.15) is 4.90 Å². The van der Waals surface area contributed by atoms with Crippen LogP contribution in [0.3, 0.4) is 0 Å². The van der Waals surface area contributed by atoms with Crippen molar-refractivity contribution in [2.75, 3.05) is 45.8 Å². The van der Waals surface area contributed by atoms with Gasteiger partial charge < -0.3 is 4.90 Å². The molecule has 2 aliphatic rings. The smallest absolute Gasteiger partial charge is 0.253 e. The SMILES string of the molecule is CC(C)CN1CCN(C(=O)c2ccc(Cl)c(S(=O)(=O)N3CCCCC3)c2)CC1. The number of piperazine rings is 1. The Morgan fingerprint density at radius 1 is 1.04 bits per heavy atom. The van der Waals surface area contributed by atoms with Gasteiger partial charge in [-0.2, -0.15) is 4.31 Å². The molecule has 0 radical (unpaired) electrons. The molecule has 156 valence electrons. The number of hydrogen-bond donors (Lipinski definition) is 0. The van der Waals surface area contributed by atoms with Gasteiger partial charge >= 0.3 is 0 Å². The average molecular weight is 428 g/mol. The lowest BCUT2D eigenvalue weighted by atomic mass is 10.1. The monoisotopic (exact) mass is 427 g/mol. The molecule has 28 heavy (non-hydrogen) atoms. The second kappa shape index (κ2) is 9.11. The van der Waals surface area contributed by atoms with E-state index < -0.39 is 10.0 Å². The van der Waals surface area contributed by atoms with Crippen LogP contribution in [0.4, 0.5) is 0 Å². The summed E-state index contributed by atoms with van der Waals surface area (Å²) in [6, 6.07) is 4.61. The van der Waals surface area contributed by atoms with E-state index in [1.165, 1.54) is 16.4 Å². The fourth-order valence-electron chi connectivity index (χ4n) is 3.91. The normalized spacial score (nSPS) is 19.9. The summed E-state index contributed by atoms with van der Waals surface area (Å²) in [5, 5.41) is 0.170. The van der Waals surface area contributed by atoms with Gasteiger partial charge in [-0.1, -0.05) is 31.9 Å². The number of amides is 1. The van der Waals surface area contributed by atoms with Crippen LogP contribution in [0.25, 0.3) is 0 Å². The predicted molar refractivity (Wildman–Crippen MR) is 111 cm³/mol. The number of hydrogen-bond acceptors (Lipinski definition) is 4. The Bertz CT molecular complexity index is 799. The van der Waals surface area contributed by atoms with Gasteiger partial charge in [0, 0.05) is 51.4 Å². The number of benzene rings is 1. The number of nitrogens with zero attached hydrogens (tertiary/aromatic N) is 3. The Hall–Kier alpha value is -1.15. The van der Waals surface area contributed by atoms with Crippen LogP contribution in [0, 0.1) is 5.92 Å². The van der Waals surface area contributed by atoms with E-state index in [2.05, 4.69) is 18.7 Å². The molecule has 2 saturated heterocycles. The first-order chi connectivity index (χ1) is 13.3. The highest BCUT2D eigenvalue weighted by molar-refractivity contribution is 7.89. The molecule has 0 atom stereocenters. The maximum atomic E-state index is 13.0. The van der Waals surface area contributed by atoms with Crippen LogP contribution in [0.5, 0.6) is 0 Å². The number of rotatable bonds is 5. The molecule has 6 nitrogen and oxygen atoms in total. The van der Waals surface area contributed by atoms with Gasteiger partial charge in [-0.05, 0) is 37.0 Å². The minimum absolute atomic E-state index is 0.0420. The molecule has 3 rings (SSSR count). The summed E-state index contributed by atoms with van der Waals surface area (Å²) in [6.07, 6.45) is 2.76.